The summed E-state index contributed by atoms with van der Waals surface area (Å²) in [6.45, 7) is 5.01. The number of carbonyl (C=O) groups excluding carboxylic acids is 1. The van der Waals surface area contributed by atoms with Crippen molar-refractivity contribution >= 4 is 22.4 Å². The maximum absolute atomic E-state index is 12.7. The lowest BCUT2D eigenvalue weighted by Gasteiger charge is -2.26. The molecule has 0 spiro atoms. The van der Waals surface area contributed by atoms with Crippen LogP contribution in [0.4, 0.5) is 0 Å². The molecule has 0 saturated carbocycles. The first kappa shape index (κ1) is 19.2. The monoisotopic (exact) mass is 382 g/mol. The Labute approximate surface area is 172 Å². The standard InChI is InChI=1S/C26H26N2O/c1-3-4-10-26(29)28-19-24(23-17-20(2)11-12-25(23)28)22-13-15-27(16-14-22)18-21-8-6-5-7-9-21/h1,5-9,11-13,17,19H,4,10,14-16,18H2,2H3. The molecule has 0 radical (unpaired) electrons. The molecule has 0 aliphatic carbocycles. The molecule has 3 heteroatoms. The van der Waals surface area contributed by atoms with Crippen molar-refractivity contribution in [3.63, 3.8) is 0 Å². The predicted octanol–water partition coefficient (Wildman–Crippen LogP) is 5.29. The van der Waals surface area contributed by atoms with Gasteiger partial charge in [-0.15, -0.1) is 12.3 Å². The molecule has 2 aromatic carbocycles. The van der Waals surface area contributed by atoms with E-state index >= 15 is 0 Å². The van der Waals surface area contributed by atoms with Crippen LogP contribution in [0.15, 0.2) is 60.8 Å². The Kier molecular flexibility index (Phi) is 5.64. The van der Waals surface area contributed by atoms with Crippen LogP contribution in [-0.4, -0.2) is 28.5 Å². The molecule has 0 N–H and O–H groups in total. The molecular weight excluding hydrogens is 356 g/mol. The number of terminal acetylenes is 1. The lowest BCUT2D eigenvalue weighted by atomic mass is 9.98. The van der Waals surface area contributed by atoms with Crippen LogP contribution in [0, 0.1) is 19.3 Å². The molecule has 1 aliphatic rings. The van der Waals surface area contributed by atoms with Gasteiger partial charge in [0.1, 0.15) is 0 Å². The summed E-state index contributed by atoms with van der Waals surface area (Å²) < 4.78 is 1.79. The van der Waals surface area contributed by atoms with Gasteiger partial charge in [-0.3, -0.25) is 14.3 Å². The second-order valence-electron chi connectivity index (χ2n) is 7.73. The maximum atomic E-state index is 12.7. The SMILES string of the molecule is C#CCCC(=O)n1cc(C2=CCN(Cc3ccccc3)CC2)c2cc(C)ccc21. The van der Waals surface area contributed by atoms with Gasteiger partial charge >= 0.3 is 0 Å². The van der Waals surface area contributed by atoms with E-state index in [2.05, 4.69) is 66.3 Å². The van der Waals surface area contributed by atoms with Crippen LogP contribution in [0.2, 0.25) is 0 Å². The topological polar surface area (TPSA) is 25.2 Å². The van der Waals surface area contributed by atoms with Gasteiger partial charge in [0.15, 0.2) is 0 Å². The lowest BCUT2D eigenvalue weighted by molar-refractivity contribution is 0.0910. The van der Waals surface area contributed by atoms with E-state index in [-0.39, 0.29) is 5.91 Å². The average molecular weight is 383 g/mol. The molecule has 2 heterocycles. The molecular formula is C26H26N2O. The minimum absolute atomic E-state index is 0.0603. The smallest absolute Gasteiger partial charge is 0.232 e. The summed E-state index contributed by atoms with van der Waals surface area (Å²) in [5, 5.41) is 1.15. The Bertz CT molecular complexity index is 1100. The van der Waals surface area contributed by atoms with Crippen molar-refractivity contribution in [2.24, 2.45) is 0 Å². The molecule has 0 unspecified atom stereocenters. The Balaban J connectivity index is 1.61. The maximum Gasteiger partial charge on any atom is 0.232 e. The van der Waals surface area contributed by atoms with Crippen LogP contribution in [-0.2, 0) is 6.54 Å². The number of carbonyl (C=O) groups is 1. The highest BCUT2D eigenvalue weighted by Crippen LogP contribution is 2.32. The number of nitrogens with zero attached hydrogens (tertiary/aromatic N) is 2. The van der Waals surface area contributed by atoms with E-state index in [1.165, 1.54) is 22.3 Å². The molecule has 29 heavy (non-hydrogen) atoms. The summed E-state index contributed by atoms with van der Waals surface area (Å²) in [5.41, 5.74) is 6.02. The molecule has 3 aromatic rings. The third-order valence-electron chi connectivity index (χ3n) is 5.60. The van der Waals surface area contributed by atoms with Crippen molar-refractivity contribution in [3.05, 3.63) is 77.5 Å². The fraction of sp³-hybridized carbons (Fsp3) is 0.269. The van der Waals surface area contributed by atoms with Gasteiger partial charge in [0.25, 0.3) is 0 Å². The molecule has 0 atom stereocenters. The van der Waals surface area contributed by atoms with Gasteiger partial charge in [-0.1, -0.05) is 48.0 Å². The molecule has 0 amide bonds. The molecule has 146 valence electrons. The summed E-state index contributed by atoms with van der Waals surface area (Å²) in [7, 11) is 0. The van der Waals surface area contributed by atoms with Crippen molar-refractivity contribution in [2.75, 3.05) is 13.1 Å². The van der Waals surface area contributed by atoms with Gasteiger partial charge in [0, 0.05) is 49.6 Å². The number of fused-ring (bicyclic) bond motifs is 1. The fourth-order valence-corrected chi connectivity index (χ4v) is 4.05. The van der Waals surface area contributed by atoms with Gasteiger partial charge < -0.3 is 0 Å². The lowest BCUT2D eigenvalue weighted by Crippen LogP contribution is -2.27. The van der Waals surface area contributed by atoms with Crippen LogP contribution in [0.5, 0.6) is 0 Å². The second-order valence-corrected chi connectivity index (χ2v) is 7.73. The van der Waals surface area contributed by atoms with E-state index in [1.807, 2.05) is 12.3 Å². The zero-order chi connectivity index (χ0) is 20.2. The zero-order valence-corrected chi connectivity index (χ0v) is 16.9. The van der Waals surface area contributed by atoms with E-state index in [0.717, 1.165) is 37.0 Å². The van der Waals surface area contributed by atoms with E-state index in [9.17, 15) is 4.79 Å². The number of hydrogen-bond donors (Lipinski definition) is 0. The number of hydrogen-bond acceptors (Lipinski definition) is 2. The molecule has 3 nitrogen and oxygen atoms in total. The second kappa shape index (κ2) is 8.51. The third kappa shape index (κ3) is 4.18. The van der Waals surface area contributed by atoms with E-state index in [4.69, 9.17) is 6.42 Å². The molecule has 4 rings (SSSR count). The summed E-state index contributed by atoms with van der Waals surface area (Å²) in [6, 6.07) is 16.9. The first-order valence-electron chi connectivity index (χ1n) is 10.2. The Morgan fingerprint density at radius 2 is 2.00 bits per heavy atom. The molecule has 0 bridgehead atoms. The minimum Gasteiger partial charge on any atom is -0.295 e. The predicted molar refractivity (Wildman–Crippen MR) is 120 cm³/mol. The van der Waals surface area contributed by atoms with E-state index < -0.39 is 0 Å². The number of aryl methyl sites for hydroxylation is 1. The van der Waals surface area contributed by atoms with Crippen molar-refractivity contribution in [2.45, 2.75) is 32.7 Å². The average Bonchev–Trinajstić information content (AvgIpc) is 3.12. The van der Waals surface area contributed by atoms with Gasteiger partial charge in [-0.25, -0.2) is 0 Å². The van der Waals surface area contributed by atoms with E-state index in [1.54, 1.807) is 4.57 Å². The Morgan fingerprint density at radius 3 is 2.72 bits per heavy atom. The number of aromatic nitrogens is 1. The van der Waals surface area contributed by atoms with Crippen molar-refractivity contribution in [1.29, 1.82) is 0 Å². The summed E-state index contributed by atoms with van der Waals surface area (Å²) >= 11 is 0. The summed E-state index contributed by atoms with van der Waals surface area (Å²) in [6.07, 6.45) is 11.5. The van der Waals surface area contributed by atoms with Crippen LogP contribution in [0.3, 0.4) is 0 Å². The molecule has 0 saturated heterocycles. The highest BCUT2D eigenvalue weighted by molar-refractivity contribution is 6.00. The quantitative estimate of drug-likeness (QED) is 0.560. The summed E-state index contributed by atoms with van der Waals surface area (Å²) in [5.74, 6) is 2.63. The van der Waals surface area contributed by atoms with Crippen molar-refractivity contribution in [3.8, 4) is 12.3 Å². The minimum atomic E-state index is 0.0603. The molecule has 1 aromatic heterocycles. The largest absolute Gasteiger partial charge is 0.295 e. The van der Waals surface area contributed by atoms with Crippen LogP contribution in [0.25, 0.3) is 16.5 Å². The van der Waals surface area contributed by atoms with Crippen LogP contribution in [0.1, 0.15) is 40.7 Å². The van der Waals surface area contributed by atoms with Crippen LogP contribution >= 0.6 is 0 Å². The number of benzene rings is 2. The van der Waals surface area contributed by atoms with Gasteiger partial charge in [-0.2, -0.15) is 0 Å². The molecule has 1 aliphatic heterocycles. The molecule has 0 fully saturated rings. The Morgan fingerprint density at radius 1 is 1.17 bits per heavy atom. The van der Waals surface area contributed by atoms with Crippen LogP contribution < -0.4 is 0 Å². The van der Waals surface area contributed by atoms with Gasteiger partial charge in [-0.05, 0) is 36.6 Å². The van der Waals surface area contributed by atoms with Gasteiger partial charge in [0.05, 0.1) is 5.52 Å². The summed E-state index contributed by atoms with van der Waals surface area (Å²) in [4.78, 5) is 15.2. The first-order chi connectivity index (χ1) is 14.2. The Hall–Kier alpha value is -3.09. The fourth-order valence-electron chi connectivity index (χ4n) is 4.05. The highest BCUT2D eigenvalue weighted by Gasteiger charge is 2.19. The van der Waals surface area contributed by atoms with E-state index in [0.29, 0.717) is 12.8 Å². The zero-order valence-electron chi connectivity index (χ0n) is 16.9. The number of rotatable bonds is 5. The van der Waals surface area contributed by atoms with Crippen molar-refractivity contribution in [1.82, 2.24) is 9.47 Å². The highest BCUT2D eigenvalue weighted by atomic mass is 16.2. The van der Waals surface area contributed by atoms with Gasteiger partial charge in [0.2, 0.25) is 5.91 Å². The van der Waals surface area contributed by atoms with Crippen molar-refractivity contribution < 1.29 is 4.79 Å². The third-order valence-corrected chi connectivity index (χ3v) is 5.60. The normalized spacial score (nSPS) is 14.6. The first-order valence-corrected chi connectivity index (χ1v) is 10.2.